The molecule has 0 aromatic heterocycles. The lowest BCUT2D eigenvalue weighted by Crippen LogP contribution is -2.40. The molecule has 1 aromatic carbocycles. The van der Waals surface area contributed by atoms with Gasteiger partial charge in [-0.1, -0.05) is 11.6 Å². The molecule has 6 heteroatoms. The number of nitrogens with zero attached hydrogens (tertiary/aromatic N) is 1. The van der Waals surface area contributed by atoms with Gasteiger partial charge in [0, 0.05) is 17.7 Å². The van der Waals surface area contributed by atoms with Crippen LogP contribution in [0.5, 0.6) is 0 Å². The monoisotopic (exact) mass is 256 g/mol. The van der Waals surface area contributed by atoms with E-state index in [1.165, 1.54) is 18.2 Å². The minimum atomic E-state index is -0.565. The Labute approximate surface area is 104 Å². The zero-order valence-corrected chi connectivity index (χ0v) is 10.5. The summed E-state index contributed by atoms with van der Waals surface area (Å²) in [6.07, 6.45) is 0. The van der Waals surface area contributed by atoms with Crippen molar-refractivity contribution in [3.63, 3.8) is 0 Å². The lowest BCUT2D eigenvalue weighted by molar-refractivity contribution is -0.384. The predicted molar refractivity (Wildman–Crippen MR) is 65.3 cm³/mol. The summed E-state index contributed by atoms with van der Waals surface area (Å²) in [5.74, 6) is -0.425. The van der Waals surface area contributed by atoms with Gasteiger partial charge in [-0.2, -0.15) is 0 Å². The molecule has 92 valence electrons. The molecule has 0 fully saturated rings. The number of hydrogen-bond donors (Lipinski definition) is 1. The highest BCUT2D eigenvalue weighted by molar-refractivity contribution is 6.34. The van der Waals surface area contributed by atoms with Gasteiger partial charge in [0.2, 0.25) is 0 Å². The molecule has 0 saturated carbocycles. The van der Waals surface area contributed by atoms with Crippen LogP contribution in [0.1, 0.15) is 31.1 Å². The number of halogens is 1. The van der Waals surface area contributed by atoms with E-state index in [1.807, 2.05) is 20.8 Å². The molecule has 0 atom stereocenters. The van der Waals surface area contributed by atoms with E-state index in [1.54, 1.807) is 0 Å². The van der Waals surface area contributed by atoms with E-state index in [2.05, 4.69) is 5.32 Å². The van der Waals surface area contributed by atoms with Crippen LogP contribution in [0, 0.1) is 10.1 Å². The van der Waals surface area contributed by atoms with Crippen molar-refractivity contribution < 1.29 is 9.72 Å². The van der Waals surface area contributed by atoms with Crippen LogP contribution in [0.25, 0.3) is 0 Å². The summed E-state index contributed by atoms with van der Waals surface area (Å²) in [6, 6.07) is 3.77. The third-order valence-electron chi connectivity index (χ3n) is 1.89. The molecule has 0 aliphatic rings. The Hall–Kier alpha value is -1.62. The predicted octanol–water partition coefficient (Wildman–Crippen LogP) is 2.78. The number of nitro groups is 1. The van der Waals surface area contributed by atoms with Crippen LogP contribution in [0.15, 0.2) is 18.2 Å². The van der Waals surface area contributed by atoms with E-state index in [0.717, 1.165) is 0 Å². The number of nitrogens with one attached hydrogen (secondary N) is 1. The van der Waals surface area contributed by atoms with Crippen molar-refractivity contribution in [3.8, 4) is 0 Å². The summed E-state index contributed by atoms with van der Waals surface area (Å²) in [6.45, 7) is 5.45. The smallest absolute Gasteiger partial charge is 0.270 e. The molecule has 0 aliphatic heterocycles. The van der Waals surface area contributed by atoms with Crippen molar-refractivity contribution >= 4 is 23.2 Å². The lowest BCUT2D eigenvalue weighted by Gasteiger charge is -2.20. The van der Waals surface area contributed by atoms with Crippen LogP contribution in [0.2, 0.25) is 5.02 Å². The maximum atomic E-state index is 11.8. The molecule has 1 N–H and O–H groups in total. The third-order valence-corrected chi connectivity index (χ3v) is 2.22. The second kappa shape index (κ2) is 4.71. The number of amides is 1. The zero-order chi connectivity index (χ0) is 13.2. The van der Waals surface area contributed by atoms with Crippen LogP contribution < -0.4 is 5.32 Å². The van der Waals surface area contributed by atoms with Crippen LogP contribution in [-0.2, 0) is 0 Å². The van der Waals surface area contributed by atoms with Crippen molar-refractivity contribution in [2.45, 2.75) is 26.3 Å². The van der Waals surface area contributed by atoms with Gasteiger partial charge in [0.25, 0.3) is 11.6 Å². The van der Waals surface area contributed by atoms with Gasteiger partial charge in [-0.05, 0) is 26.8 Å². The van der Waals surface area contributed by atoms with E-state index >= 15 is 0 Å². The number of rotatable bonds is 2. The van der Waals surface area contributed by atoms with Gasteiger partial charge in [0.05, 0.1) is 15.5 Å². The summed E-state index contributed by atoms with van der Waals surface area (Å²) in [4.78, 5) is 21.9. The molecule has 0 saturated heterocycles. The first kappa shape index (κ1) is 13.4. The van der Waals surface area contributed by atoms with Crippen LogP contribution in [0.4, 0.5) is 5.69 Å². The average Bonchev–Trinajstić information content (AvgIpc) is 2.14. The Morgan fingerprint density at radius 3 is 2.47 bits per heavy atom. The van der Waals surface area contributed by atoms with Crippen molar-refractivity contribution in [2.24, 2.45) is 0 Å². The third kappa shape index (κ3) is 3.71. The molecule has 1 amide bonds. The molecular formula is C11H13ClN2O3. The Morgan fingerprint density at radius 1 is 1.41 bits per heavy atom. The first-order valence-electron chi connectivity index (χ1n) is 4.97. The average molecular weight is 257 g/mol. The molecule has 5 nitrogen and oxygen atoms in total. The van der Waals surface area contributed by atoms with E-state index in [-0.39, 0.29) is 16.3 Å². The molecule has 17 heavy (non-hydrogen) atoms. The fourth-order valence-electron chi connectivity index (χ4n) is 1.21. The van der Waals surface area contributed by atoms with Gasteiger partial charge < -0.3 is 5.32 Å². The van der Waals surface area contributed by atoms with Crippen molar-refractivity contribution in [1.29, 1.82) is 0 Å². The summed E-state index contributed by atoms with van der Waals surface area (Å²) in [7, 11) is 0. The number of non-ortho nitro benzene ring substituents is 1. The summed E-state index contributed by atoms with van der Waals surface area (Å²) in [5.41, 5.74) is -0.477. The normalized spacial score (nSPS) is 11.1. The number of carbonyl (C=O) groups excluding carboxylic acids is 1. The van der Waals surface area contributed by atoms with Gasteiger partial charge >= 0.3 is 0 Å². The van der Waals surface area contributed by atoms with Crippen molar-refractivity contribution in [3.05, 3.63) is 38.9 Å². The van der Waals surface area contributed by atoms with E-state index in [0.29, 0.717) is 0 Å². The molecule has 0 radical (unpaired) electrons. The van der Waals surface area contributed by atoms with E-state index < -0.39 is 16.4 Å². The fourth-order valence-corrected chi connectivity index (χ4v) is 1.41. The van der Waals surface area contributed by atoms with Crippen molar-refractivity contribution in [1.82, 2.24) is 5.32 Å². The number of nitro benzene ring substituents is 1. The molecule has 0 spiro atoms. The Kier molecular flexibility index (Phi) is 3.72. The summed E-state index contributed by atoms with van der Waals surface area (Å²) < 4.78 is 0. The Bertz CT molecular complexity index is 466. The highest BCUT2D eigenvalue weighted by Crippen LogP contribution is 2.22. The van der Waals surface area contributed by atoms with E-state index in [4.69, 9.17) is 11.6 Å². The highest BCUT2D eigenvalue weighted by Gasteiger charge is 2.20. The first-order chi connectivity index (χ1) is 7.70. The van der Waals surface area contributed by atoms with E-state index in [9.17, 15) is 14.9 Å². The Morgan fingerprint density at radius 2 is 2.00 bits per heavy atom. The highest BCUT2D eigenvalue weighted by atomic mass is 35.5. The minimum Gasteiger partial charge on any atom is -0.347 e. The number of hydrogen-bond acceptors (Lipinski definition) is 3. The lowest BCUT2D eigenvalue weighted by atomic mass is 10.1. The van der Waals surface area contributed by atoms with Gasteiger partial charge in [0.1, 0.15) is 0 Å². The summed E-state index contributed by atoms with van der Waals surface area (Å²) in [5, 5.41) is 13.5. The largest absolute Gasteiger partial charge is 0.347 e. The zero-order valence-electron chi connectivity index (χ0n) is 9.78. The molecule has 0 bridgehead atoms. The molecule has 0 aliphatic carbocycles. The first-order valence-corrected chi connectivity index (χ1v) is 5.35. The molecule has 1 rings (SSSR count). The van der Waals surface area contributed by atoms with Crippen LogP contribution in [0.3, 0.4) is 0 Å². The molecular weight excluding hydrogens is 244 g/mol. The van der Waals surface area contributed by atoms with Gasteiger partial charge in [-0.15, -0.1) is 0 Å². The van der Waals surface area contributed by atoms with Gasteiger partial charge in [0.15, 0.2) is 0 Å². The molecule has 0 heterocycles. The number of carbonyl (C=O) groups is 1. The maximum absolute atomic E-state index is 11.8. The fraction of sp³-hybridized carbons (Fsp3) is 0.364. The van der Waals surface area contributed by atoms with Crippen LogP contribution >= 0.6 is 11.6 Å². The standard InChI is InChI=1S/C11H13ClN2O3/c1-11(2,3)13-10(15)8-6-7(14(16)17)4-5-9(8)12/h4-6H,1-3H3,(H,13,15). The van der Waals surface area contributed by atoms with Crippen LogP contribution in [-0.4, -0.2) is 16.4 Å². The van der Waals surface area contributed by atoms with Gasteiger partial charge in [-0.25, -0.2) is 0 Å². The Balaban J connectivity index is 3.08. The number of benzene rings is 1. The topological polar surface area (TPSA) is 72.2 Å². The van der Waals surface area contributed by atoms with Gasteiger partial charge in [-0.3, -0.25) is 14.9 Å². The SMILES string of the molecule is CC(C)(C)NC(=O)c1cc([N+](=O)[O-])ccc1Cl. The quantitative estimate of drug-likeness (QED) is 0.653. The minimum absolute atomic E-state index is 0.107. The summed E-state index contributed by atoms with van der Waals surface area (Å²) >= 11 is 5.84. The van der Waals surface area contributed by atoms with Crippen molar-refractivity contribution in [2.75, 3.05) is 0 Å². The molecule has 0 unspecified atom stereocenters. The molecule has 1 aromatic rings. The maximum Gasteiger partial charge on any atom is 0.270 e. The second-order valence-corrected chi connectivity index (χ2v) is 5.03. The second-order valence-electron chi connectivity index (χ2n) is 4.63.